The van der Waals surface area contributed by atoms with Crippen molar-refractivity contribution in [2.75, 3.05) is 33.0 Å². The van der Waals surface area contributed by atoms with Gasteiger partial charge in [-0.2, -0.15) is 0 Å². The summed E-state index contributed by atoms with van der Waals surface area (Å²) in [4.78, 5) is 26.6. The van der Waals surface area contributed by atoms with Gasteiger partial charge in [-0.05, 0) is 26.2 Å². The number of nitrogens with one attached hydrogen (secondary N) is 2. The van der Waals surface area contributed by atoms with E-state index in [1.54, 1.807) is 6.08 Å². The molecular weight excluding hydrogens is 1280 g/mol. The topological polar surface area (TPSA) is 454 Å². The summed E-state index contributed by atoms with van der Waals surface area (Å²) in [6.45, 7) is 2.55. The van der Waals surface area contributed by atoms with Crippen LogP contribution in [0.1, 0.15) is 207 Å². The van der Waals surface area contributed by atoms with Crippen molar-refractivity contribution in [1.82, 2.24) is 10.6 Å². The third-order valence-electron chi connectivity index (χ3n) is 19.2. The molecule has 0 bridgehead atoms. The third-order valence-corrected chi connectivity index (χ3v) is 19.2. The molecule has 0 radical (unpaired) electrons. The molecule has 17 N–H and O–H groups in total. The number of hydrogen-bond acceptors (Lipinski definition) is 27. The Kier molecular flexibility index (Phi) is 40.8. The average molecular weight is 1400 g/mol. The second-order valence-corrected chi connectivity index (χ2v) is 27.1. The number of ether oxygens (including phenoxy) is 10. The van der Waals surface area contributed by atoms with Crippen LogP contribution in [0.2, 0.25) is 0 Å². The normalized spacial score (nSPS) is 36.4. The van der Waals surface area contributed by atoms with Crippen LogP contribution in [0.25, 0.3) is 0 Å². The summed E-state index contributed by atoms with van der Waals surface area (Å²) < 4.78 is 59.7. The molecule has 5 rings (SSSR count). The van der Waals surface area contributed by atoms with E-state index in [0.29, 0.717) is 12.8 Å². The first-order valence-electron chi connectivity index (χ1n) is 36.3. The standard InChI is InChI=1S/C68H124N2O27/c1-5-7-9-11-13-15-17-19-20-22-24-26-28-30-32-34-48(77)70-42(43(76)33-31-29-27-25-23-21-18-16-14-12-10-8-6-2)39-88-65-58(86)55(83)60(46(37-73)93-65)94-68-59(87)63(52(80)45(36-72)91-68)97-64-49(69-41(4)75)62(96-67-57(85)54(82)51(79)44(35-71)90-67)61(47(38-74)92-64)95-66-56(84)53(81)50(78)40(3)89-66/h31,33,40,42-47,49-68,71-74,76,78-87H,5-30,32,34-39H2,1-4H3,(H,69,75)(H,70,77)/b33-31+/t40?,42-,43+,44?,45?,46?,47?,49?,50+,51-,52-,53?,54-,55+,56-,57?,58?,59?,60+,61+,62+,63-,64-,65+,66+,67-,68-/m0/s1. The van der Waals surface area contributed by atoms with Gasteiger partial charge in [0, 0.05) is 13.3 Å². The molecule has 5 fully saturated rings. The fraction of sp³-hybridized carbons (Fsp3) is 0.941. The van der Waals surface area contributed by atoms with Crippen LogP contribution in [0.5, 0.6) is 0 Å². The molecule has 0 aliphatic carbocycles. The number of aliphatic hydroxyl groups excluding tert-OH is 15. The van der Waals surface area contributed by atoms with E-state index in [-0.39, 0.29) is 12.3 Å². The van der Waals surface area contributed by atoms with Crippen LogP contribution >= 0.6 is 0 Å². The molecule has 568 valence electrons. The number of hydrogen-bond donors (Lipinski definition) is 17. The predicted octanol–water partition coefficient (Wildman–Crippen LogP) is 0.636. The van der Waals surface area contributed by atoms with Gasteiger partial charge >= 0.3 is 0 Å². The van der Waals surface area contributed by atoms with E-state index in [9.17, 15) is 86.2 Å². The molecule has 5 saturated heterocycles. The zero-order valence-corrected chi connectivity index (χ0v) is 57.7. The summed E-state index contributed by atoms with van der Waals surface area (Å²) in [6.07, 6.45) is -10.8. The summed E-state index contributed by atoms with van der Waals surface area (Å²) in [6, 6.07) is -2.84. The first-order chi connectivity index (χ1) is 46.7. The van der Waals surface area contributed by atoms with Gasteiger partial charge in [-0.25, -0.2) is 0 Å². The molecule has 0 aromatic heterocycles. The maximum absolute atomic E-state index is 13.5. The number of aliphatic hydroxyl groups is 15. The third kappa shape index (κ3) is 27.0. The van der Waals surface area contributed by atoms with Crippen LogP contribution < -0.4 is 10.6 Å². The molecule has 27 atom stereocenters. The lowest BCUT2D eigenvalue weighted by Crippen LogP contribution is -2.71. The number of carbonyl (C=O) groups is 2. The molecule has 0 saturated carbocycles. The van der Waals surface area contributed by atoms with Gasteiger partial charge in [0.2, 0.25) is 11.8 Å². The van der Waals surface area contributed by atoms with Crippen molar-refractivity contribution in [2.24, 2.45) is 0 Å². The molecule has 0 aromatic rings. The first kappa shape index (κ1) is 85.3. The smallest absolute Gasteiger partial charge is 0.220 e. The zero-order chi connectivity index (χ0) is 71.0. The van der Waals surface area contributed by atoms with E-state index < -0.39 is 205 Å². The van der Waals surface area contributed by atoms with E-state index >= 15 is 0 Å². The summed E-state index contributed by atoms with van der Waals surface area (Å²) in [5.74, 6) is -1.18. The maximum Gasteiger partial charge on any atom is 0.220 e. The van der Waals surface area contributed by atoms with Crippen molar-refractivity contribution in [2.45, 2.75) is 373 Å². The summed E-state index contributed by atoms with van der Waals surface area (Å²) in [5, 5.41) is 171. The molecule has 5 aliphatic heterocycles. The Balaban J connectivity index is 1.26. The van der Waals surface area contributed by atoms with Crippen LogP contribution in [0, 0.1) is 0 Å². The zero-order valence-electron chi connectivity index (χ0n) is 57.7. The van der Waals surface area contributed by atoms with Crippen molar-refractivity contribution in [3.63, 3.8) is 0 Å². The van der Waals surface area contributed by atoms with Crippen LogP contribution in [0.3, 0.4) is 0 Å². The summed E-state index contributed by atoms with van der Waals surface area (Å²) in [5.41, 5.74) is 0. The van der Waals surface area contributed by atoms with Crippen molar-refractivity contribution >= 4 is 11.8 Å². The van der Waals surface area contributed by atoms with Crippen LogP contribution in [-0.2, 0) is 57.0 Å². The predicted molar refractivity (Wildman–Crippen MR) is 348 cm³/mol. The first-order valence-corrected chi connectivity index (χ1v) is 36.3. The van der Waals surface area contributed by atoms with Crippen LogP contribution in [0.15, 0.2) is 12.2 Å². The Morgan fingerprint density at radius 3 is 1.34 bits per heavy atom. The number of carbonyl (C=O) groups excluding carboxylic acids is 2. The molecule has 29 heteroatoms. The summed E-state index contributed by atoms with van der Waals surface area (Å²) in [7, 11) is 0. The molecule has 97 heavy (non-hydrogen) atoms. The number of rotatable bonds is 47. The van der Waals surface area contributed by atoms with Gasteiger partial charge in [0.1, 0.15) is 116 Å². The van der Waals surface area contributed by atoms with Crippen molar-refractivity contribution in [3.8, 4) is 0 Å². The van der Waals surface area contributed by atoms with Gasteiger partial charge in [-0.15, -0.1) is 0 Å². The lowest BCUT2D eigenvalue weighted by atomic mass is 9.93. The maximum atomic E-state index is 13.5. The second kappa shape index (κ2) is 46.4. The molecule has 10 unspecified atom stereocenters. The lowest BCUT2D eigenvalue weighted by Gasteiger charge is -2.51. The highest BCUT2D eigenvalue weighted by atomic mass is 16.8. The largest absolute Gasteiger partial charge is 0.394 e. The van der Waals surface area contributed by atoms with Crippen LogP contribution in [0.4, 0.5) is 0 Å². The van der Waals surface area contributed by atoms with E-state index in [4.69, 9.17) is 47.4 Å². The minimum absolute atomic E-state index is 0.190. The van der Waals surface area contributed by atoms with Gasteiger partial charge in [0.05, 0.1) is 51.3 Å². The van der Waals surface area contributed by atoms with E-state index in [1.807, 2.05) is 6.08 Å². The Hall–Kier alpha value is -2.32. The number of unbranched alkanes of at least 4 members (excludes halogenated alkanes) is 25. The van der Waals surface area contributed by atoms with Crippen LogP contribution in [-0.4, -0.2) is 287 Å². The number of allylic oxidation sites excluding steroid dienone is 1. The van der Waals surface area contributed by atoms with E-state index in [2.05, 4.69) is 24.5 Å². The molecular formula is C68H124N2O27. The molecule has 0 aromatic carbocycles. The van der Waals surface area contributed by atoms with Crippen molar-refractivity contribution in [3.05, 3.63) is 12.2 Å². The SMILES string of the molecule is CCCCCCCCCCCCC/C=C/[C@@H](O)[C@H](CO[C@@H]1OC(CO)[C@@H](O[C@@H]2OC(CO)[C@H](O)[C@H](O[C@@H]3OC(CO)[C@@H](O[C@H]4OC(C)[C@@H](O)C(O)[C@@H]4O)[C@H](O[C@@H]4OC(CO)[C@H](O)[C@H](O)C4O)C3NC(C)=O)C2O)[C@H](O)C1O)NC(=O)CCCCCCCCCCCCCCCCC. The van der Waals surface area contributed by atoms with Gasteiger partial charge in [-0.1, -0.05) is 180 Å². The minimum Gasteiger partial charge on any atom is -0.394 e. The Morgan fingerprint density at radius 2 is 0.825 bits per heavy atom. The van der Waals surface area contributed by atoms with Gasteiger partial charge in [0.25, 0.3) is 0 Å². The minimum atomic E-state index is -2.19. The van der Waals surface area contributed by atoms with Crippen molar-refractivity contribution in [1.29, 1.82) is 0 Å². The quantitative estimate of drug-likeness (QED) is 0.0294. The monoisotopic (exact) mass is 1400 g/mol. The fourth-order valence-electron chi connectivity index (χ4n) is 13.1. The fourth-order valence-corrected chi connectivity index (χ4v) is 13.1. The molecule has 2 amide bonds. The van der Waals surface area contributed by atoms with Gasteiger partial charge in [0.15, 0.2) is 31.5 Å². The molecule has 5 heterocycles. The van der Waals surface area contributed by atoms with Crippen molar-refractivity contribution < 1.29 is 134 Å². The second-order valence-electron chi connectivity index (χ2n) is 27.1. The van der Waals surface area contributed by atoms with Gasteiger partial charge < -0.3 is 135 Å². The lowest BCUT2D eigenvalue weighted by molar-refractivity contribution is -0.391. The Bertz CT molecular complexity index is 2130. The highest BCUT2D eigenvalue weighted by molar-refractivity contribution is 5.76. The highest BCUT2D eigenvalue weighted by Gasteiger charge is 2.58. The number of amides is 2. The molecule has 5 aliphatic rings. The van der Waals surface area contributed by atoms with E-state index in [1.165, 1.54) is 116 Å². The molecule has 29 nitrogen and oxygen atoms in total. The summed E-state index contributed by atoms with van der Waals surface area (Å²) >= 11 is 0. The van der Waals surface area contributed by atoms with E-state index in [0.717, 1.165) is 58.3 Å². The Labute approximate surface area is 572 Å². The Morgan fingerprint density at radius 1 is 0.423 bits per heavy atom. The highest BCUT2D eigenvalue weighted by Crippen LogP contribution is 2.37. The average Bonchev–Trinajstić information content (AvgIpc) is 0.770. The van der Waals surface area contributed by atoms with Gasteiger partial charge in [-0.3, -0.25) is 9.59 Å². The molecule has 0 spiro atoms.